The first-order chi connectivity index (χ1) is 11.0. The number of benzene rings is 1. The van der Waals surface area contributed by atoms with Gasteiger partial charge in [0.1, 0.15) is 0 Å². The molecule has 23 heavy (non-hydrogen) atoms. The minimum Gasteiger partial charge on any atom is -0.429 e. The zero-order chi connectivity index (χ0) is 16.4. The molecular formula is C16H22N2O3S2. The molecule has 2 aromatic rings. The maximum atomic E-state index is 11.8. The molecular weight excluding hydrogens is 332 g/mol. The van der Waals surface area contributed by atoms with Crippen LogP contribution in [-0.4, -0.2) is 42.0 Å². The van der Waals surface area contributed by atoms with Crippen LogP contribution in [0.4, 0.5) is 0 Å². The number of para-hydroxylation sites is 2. The zero-order valence-corrected chi connectivity index (χ0v) is 14.9. The maximum Gasteiger partial charge on any atom is 0.270 e. The van der Waals surface area contributed by atoms with Gasteiger partial charge >= 0.3 is 0 Å². The fourth-order valence-electron chi connectivity index (χ4n) is 3.12. The predicted molar refractivity (Wildman–Crippen MR) is 93.7 cm³/mol. The van der Waals surface area contributed by atoms with E-state index >= 15 is 0 Å². The second-order valence-corrected chi connectivity index (χ2v) is 8.71. The van der Waals surface area contributed by atoms with Gasteiger partial charge in [0, 0.05) is 12.6 Å². The van der Waals surface area contributed by atoms with E-state index in [2.05, 4.69) is 11.8 Å². The lowest BCUT2D eigenvalue weighted by atomic mass is 10.2. The van der Waals surface area contributed by atoms with Crippen LogP contribution in [0.25, 0.3) is 11.1 Å². The van der Waals surface area contributed by atoms with Crippen molar-refractivity contribution in [3.8, 4) is 0 Å². The first-order valence-corrected chi connectivity index (χ1v) is 10.3. The molecule has 1 atom stereocenters. The Labute approximate surface area is 141 Å². The van der Waals surface area contributed by atoms with Gasteiger partial charge in [0.25, 0.3) is 4.84 Å². The van der Waals surface area contributed by atoms with Crippen molar-refractivity contribution in [1.82, 2.24) is 9.47 Å². The quantitative estimate of drug-likeness (QED) is 0.746. The van der Waals surface area contributed by atoms with Crippen molar-refractivity contribution < 1.29 is 12.8 Å². The molecule has 1 aliphatic heterocycles. The first-order valence-electron chi connectivity index (χ1n) is 8.03. The lowest BCUT2D eigenvalue weighted by Crippen LogP contribution is -2.38. The lowest BCUT2D eigenvalue weighted by Gasteiger charge is -2.28. The largest absolute Gasteiger partial charge is 0.429 e. The summed E-state index contributed by atoms with van der Waals surface area (Å²) in [5.74, 6) is 0.539. The maximum absolute atomic E-state index is 11.8. The summed E-state index contributed by atoms with van der Waals surface area (Å²) in [6.07, 6.45) is 2.82. The topological polar surface area (TPSA) is 55.5 Å². The molecule has 5 nitrogen and oxygen atoms in total. The summed E-state index contributed by atoms with van der Waals surface area (Å²) in [5.41, 5.74) is 1.73. The van der Waals surface area contributed by atoms with Gasteiger partial charge in [0.2, 0.25) is 0 Å². The second kappa shape index (κ2) is 6.75. The third-order valence-corrected chi connectivity index (χ3v) is 6.47. The van der Waals surface area contributed by atoms with Crippen molar-refractivity contribution >= 4 is 33.2 Å². The van der Waals surface area contributed by atoms with Crippen LogP contribution in [-0.2, 0) is 16.5 Å². The average Bonchev–Trinajstić information content (AvgIpc) is 3.03. The zero-order valence-electron chi connectivity index (χ0n) is 13.3. The van der Waals surface area contributed by atoms with Gasteiger partial charge < -0.3 is 4.42 Å². The van der Waals surface area contributed by atoms with Gasteiger partial charge in [-0.05, 0) is 37.2 Å². The average molecular weight is 354 g/mol. The Kier molecular flexibility index (Phi) is 4.89. The normalized spacial score (nSPS) is 20.5. The van der Waals surface area contributed by atoms with Gasteiger partial charge in [-0.2, -0.15) is 0 Å². The van der Waals surface area contributed by atoms with E-state index in [0.29, 0.717) is 17.9 Å². The van der Waals surface area contributed by atoms with Crippen LogP contribution in [0.15, 0.2) is 28.7 Å². The molecule has 0 unspecified atom stereocenters. The standard InChI is InChI=1S/C16H22N2O3S2/c1-2-3-9-17(13-8-10-23(19,20)11-13)12-18-14-6-4-5-7-15(14)21-16(18)22/h4-7,13H,2-3,8-12H2,1H3/t13-/m0/s1. The van der Waals surface area contributed by atoms with Crippen molar-refractivity contribution in [3.05, 3.63) is 29.1 Å². The minimum atomic E-state index is -2.90. The Morgan fingerprint density at radius 3 is 2.87 bits per heavy atom. The highest BCUT2D eigenvalue weighted by Crippen LogP contribution is 2.22. The number of hydrogen-bond acceptors (Lipinski definition) is 5. The summed E-state index contributed by atoms with van der Waals surface area (Å²) < 4.78 is 31.3. The third-order valence-electron chi connectivity index (χ3n) is 4.42. The highest BCUT2D eigenvalue weighted by Gasteiger charge is 2.32. The number of sulfone groups is 1. The minimum absolute atomic E-state index is 0.0714. The molecule has 1 fully saturated rings. The van der Waals surface area contributed by atoms with E-state index in [4.69, 9.17) is 16.6 Å². The number of rotatable bonds is 6. The molecule has 7 heteroatoms. The van der Waals surface area contributed by atoms with Crippen LogP contribution in [0.5, 0.6) is 0 Å². The van der Waals surface area contributed by atoms with Crippen LogP contribution < -0.4 is 0 Å². The van der Waals surface area contributed by atoms with Gasteiger partial charge in [0.05, 0.1) is 23.7 Å². The molecule has 0 N–H and O–H groups in total. The molecule has 0 radical (unpaired) electrons. The van der Waals surface area contributed by atoms with Crippen molar-refractivity contribution in [2.24, 2.45) is 0 Å². The molecule has 0 aliphatic carbocycles. The molecule has 0 spiro atoms. The van der Waals surface area contributed by atoms with Crippen LogP contribution in [0.1, 0.15) is 26.2 Å². The summed E-state index contributed by atoms with van der Waals surface area (Å²) >= 11 is 5.35. The molecule has 1 aromatic heterocycles. The second-order valence-electron chi connectivity index (χ2n) is 6.13. The molecule has 2 heterocycles. The summed E-state index contributed by atoms with van der Waals surface area (Å²) in [6, 6.07) is 7.83. The fraction of sp³-hybridized carbons (Fsp3) is 0.562. The van der Waals surface area contributed by atoms with Gasteiger partial charge in [-0.15, -0.1) is 0 Å². The SMILES string of the molecule is CCCCN(Cn1c(=S)oc2ccccc21)[C@H]1CCS(=O)(=O)C1. The molecule has 1 saturated heterocycles. The molecule has 0 saturated carbocycles. The van der Waals surface area contributed by atoms with Crippen molar-refractivity contribution in [1.29, 1.82) is 0 Å². The first kappa shape index (κ1) is 16.7. The Bertz CT molecular complexity index is 838. The Balaban J connectivity index is 1.88. The van der Waals surface area contributed by atoms with E-state index in [1.54, 1.807) is 0 Å². The Morgan fingerprint density at radius 1 is 1.39 bits per heavy atom. The van der Waals surface area contributed by atoms with E-state index in [-0.39, 0.29) is 17.5 Å². The van der Waals surface area contributed by atoms with E-state index in [1.165, 1.54) is 0 Å². The van der Waals surface area contributed by atoms with Crippen LogP contribution >= 0.6 is 12.2 Å². The highest BCUT2D eigenvalue weighted by molar-refractivity contribution is 7.91. The van der Waals surface area contributed by atoms with Crippen molar-refractivity contribution in [2.75, 3.05) is 18.1 Å². The summed E-state index contributed by atoms with van der Waals surface area (Å²) in [7, 11) is -2.90. The molecule has 0 bridgehead atoms. The smallest absolute Gasteiger partial charge is 0.270 e. The van der Waals surface area contributed by atoms with Gasteiger partial charge in [-0.25, -0.2) is 8.42 Å². The Hall–Kier alpha value is -1.18. The van der Waals surface area contributed by atoms with Crippen molar-refractivity contribution in [3.63, 3.8) is 0 Å². The number of fused-ring (bicyclic) bond motifs is 1. The lowest BCUT2D eigenvalue weighted by molar-refractivity contribution is 0.161. The summed E-state index contributed by atoms with van der Waals surface area (Å²) in [5, 5.41) is 0. The molecule has 1 aromatic carbocycles. The molecule has 1 aliphatic rings. The molecule has 126 valence electrons. The Morgan fingerprint density at radius 2 is 2.17 bits per heavy atom. The number of aromatic nitrogens is 1. The highest BCUT2D eigenvalue weighted by atomic mass is 32.2. The van der Waals surface area contributed by atoms with Crippen LogP contribution in [0.3, 0.4) is 0 Å². The van der Waals surface area contributed by atoms with E-state index in [9.17, 15) is 8.42 Å². The monoisotopic (exact) mass is 354 g/mol. The van der Waals surface area contributed by atoms with Gasteiger partial charge in [-0.3, -0.25) is 9.47 Å². The number of oxazole rings is 1. The summed E-state index contributed by atoms with van der Waals surface area (Å²) in [4.78, 5) is 2.68. The number of nitrogens with zero attached hydrogens (tertiary/aromatic N) is 2. The van der Waals surface area contributed by atoms with Crippen LogP contribution in [0, 0.1) is 4.84 Å². The van der Waals surface area contributed by atoms with E-state index in [0.717, 1.165) is 30.5 Å². The fourth-order valence-corrected chi connectivity index (χ4v) is 5.13. The van der Waals surface area contributed by atoms with Gasteiger partial charge in [0.15, 0.2) is 15.4 Å². The van der Waals surface area contributed by atoms with Crippen molar-refractivity contribution in [2.45, 2.75) is 38.9 Å². The van der Waals surface area contributed by atoms with Crippen LogP contribution in [0.2, 0.25) is 0 Å². The molecule has 0 amide bonds. The predicted octanol–water partition coefficient (Wildman–Crippen LogP) is 3.21. The number of unbranched alkanes of at least 4 members (excludes halogenated alkanes) is 1. The van der Waals surface area contributed by atoms with E-state index < -0.39 is 9.84 Å². The molecule has 3 rings (SSSR count). The summed E-state index contributed by atoms with van der Waals surface area (Å²) in [6.45, 7) is 3.59. The van der Waals surface area contributed by atoms with Gasteiger partial charge in [-0.1, -0.05) is 25.5 Å². The third kappa shape index (κ3) is 3.67. The van der Waals surface area contributed by atoms with E-state index in [1.807, 2.05) is 28.8 Å². The number of hydrogen-bond donors (Lipinski definition) is 0.